The average molecular weight is 458 g/mol. The second kappa shape index (κ2) is 10.2. The van der Waals surface area contributed by atoms with Crippen molar-refractivity contribution in [1.29, 1.82) is 0 Å². The highest BCUT2D eigenvalue weighted by Crippen LogP contribution is 2.38. The number of alkyl halides is 3. The number of amides is 1. The van der Waals surface area contributed by atoms with E-state index in [2.05, 4.69) is 9.68 Å². The summed E-state index contributed by atoms with van der Waals surface area (Å²) in [6, 6.07) is 2.78. The average Bonchev–Trinajstić information content (AvgIpc) is 3.09. The lowest BCUT2D eigenvalue weighted by atomic mass is 9.85. The number of carboxylic acid groups (broad SMARTS) is 1. The maximum atomic E-state index is 13.1. The van der Waals surface area contributed by atoms with Gasteiger partial charge >= 0.3 is 12.1 Å². The van der Waals surface area contributed by atoms with E-state index < -0.39 is 23.3 Å². The van der Waals surface area contributed by atoms with Crippen molar-refractivity contribution in [3.05, 3.63) is 23.5 Å². The van der Waals surface area contributed by atoms with Crippen LogP contribution in [0.4, 0.5) is 13.2 Å². The third-order valence-corrected chi connectivity index (χ3v) is 5.05. The van der Waals surface area contributed by atoms with Crippen LogP contribution in [0.25, 0.3) is 10.9 Å². The van der Waals surface area contributed by atoms with E-state index in [-0.39, 0.29) is 36.3 Å². The molecule has 1 N–H and O–H groups in total. The molecule has 2 aromatic rings. The molecular formula is C22H29F3N2O5. The zero-order valence-corrected chi connectivity index (χ0v) is 18.7. The Morgan fingerprint density at radius 1 is 1.22 bits per heavy atom. The number of aromatic nitrogens is 1. The van der Waals surface area contributed by atoms with Crippen molar-refractivity contribution in [3.8, 4) is 5.75 Å². The lowest BCUT2D eigenvalue weighted by molar-refractivity contribution is -0.154. The van der Waals surface area contributed by atoms with Crippen LogP contribution in [0.5, 0.6) is 5.75 Å². The van der Waals surface area contributed by atoms with E-state index in [0.29, 0.717) is 37.1 Å². The minimum atomic E-state index is -4.63. The number of fused-ring (bicyclic) bond motifs is 1. The number of ether oxygens (including phenoxy) is 1. The summed E-state index contributed by atoms with van der Waals surface area (Å²) in [5.74, 6) is -1.79. The molecule has 2 rings (SSSR count). The number of carbonyl (C=O) groups is 2. The summed E-state index contributed by atoms with van der Waals surface area (Å²) in [4.78, 5) is 24.8. The molecule has 1 heterocycles. The third-order valence-electron chi connectivity index (χ3n) is 5.05. The van der Waals surface area contributed by atoms with Crippen molar-refractivity contribution in [2.75, 3.05) is 20.2 Å². The van der Waals surface area contributed by atoms with Crippen LogP contribution >= 0.6 is 0 Å². The first kappa shape index (κ1) is 25.5. The smallest absolute Gasteiger partial charge is 0.453 e. The van der Waals surface area contributed by atoms with Gasteiger partial charge in [-0.1, -0.05) is 32.3 Å². The zero-order valence-electron chi connectivity index (χ0n) is 18.7. The first-order valence-corrected chi connectivity index (χ1v) is 10.4. The fourth-order valence-electron chi connectivity index (χ4n) is 3.50. The fourth-order valence-corrected chi connectivity index (χ4v) is 3.50. The van der Waals surface area contributed by atoms with E-state index in [1.807, 2.05) is 6.92 Å². The van der Waals surface area contributed by atoms with Gasteiger partial charge in [-0.15, -0.1) is 0 Å². The van der Waals surface area contributed by atoms with Gasteiger partial charge in [-0.05, 0) is 30.4 Å². The number of rotatable bonds is 11. The van der Waals surface area contributed by atoms with Crippen LogP contribution in [0.3, 0.4) is 0 Å². The van der Waals surface area contributed by atoms with E-state index in [1.165, 1.54) is 17.0 Å². The molecule has 10 heteroatoms. The predicted octanol–water partition coefficient (Wildman–Crippen LogP) is 4.92. The Morgan fingerprint density at radius 2 is 1.91 bits per heavy atom. The van der Waals surface area contributed by atoms with Crippen molar-refractivity contribution in [2.45, 2.75) is 59.1 Å². The Morgan fingerprint density at radius 3 is 2.50 bits per heavy atom. The van der Waals surface area contributed by atoms with Crippen LogP contribution in [0.15, 0.2) is 16.7 Å². The quantitative estimate of drug-likeness (QED) is 0.481. The van der Waals surface area contributed by atoms with E-state index in [0.717, 1.165) is 0 Å². The molecule has 0 spiro atoms. The number of benzene rings is 1. The minimum absolute atomic E-state index is 0.0948. The fraction of sp³-hybridized carbons (Fsp3) is 0.591. The lowest BCUT2D eigenvalue weighted by Gasteiger charge is -2.25. The van der Waals surface area contributed by atoms with E-state index in [9.17, 15) is 22.8 Å². The number of aliphatic carboxylic acids is 1. The first-order valence-electron chi connectivity index (χ1n) is 10.4. The van der Waals surface area contributed by atoms with E-state index in [1.54, 1.807) is 20.9 Å². The highest BCUT2D eigenvalue weighted by molar-refractivity contribution is 5.86. The summed E-state index contributed by atoms with van der Waals surface area (Å²) in [6.07, 6.45) is -2.95. The topological polar surface area (TPSA) is 92.9 Å². The minimum Gasteiger partial charge on any atom is -0.493 e. The van der Waals surface area contributed by atoms with Crippen molar-refractivity contribution in [1.82, 2.24) is 10.1 Å². The molecule has 0 saturated carbocycles. The summed E-state index contributed by atoms with van der Waals surface area (Å²) in [5, 5.41) is 12.5. The molecule has 0 radical (unpaired) electrons. The summed E-state index contributed by atoms with van der Waals surface area (Å²) in [5.41, 5.74) is 0.0547. The molecule has 0 saturated heterocycles. The maximum Gasteiger partial charge on any atom is 0.453 e. The monoisotopic (exact) mass is 458 g/mol. The molecule has 0 atom stereocenters. The van der Waals surface area contributed by atoms with E-state index >= 15 is 0 Å². The molecule has 0 fully saturated rings. The van der Waals surface area contributed by atoms with Gasteiger partial charge in [0.25, 0.3) is 0 Å². The second-order valence-corrected chi connectivity index (χ2v) is 8.63. The molecule has 0 aliphatic carbocycles. The normalized spacial score (nSPS) is 12.2. The molecule has 1 amide bonds. The molecule has 32 heavy (non-hydrogen) atoms. The molecule has 0 aliphatic heterocycles. The van der Waals surface area contributed by atoms with Gasteiger partial charge in [-0.25, -0.2) is 0 Å². The van der Waals surface area contributed by atoms with Gasteiger partial charge in [0.1, 0.15) is 11.3 Å². The van der Waals surface area contributed by atoms with Crippen LogP contribution in [0.2, 0.25) is 0 Å². The largest absolute Gasteiger partial charge is 0.493 e. The number of carbonyl (C=O) groups excluding carboxylic acids is 1. The molecular weight excluding hydrogens is 429 g/mol. The van der Waals surface area contributed by atoms with Crippen molar-refractivity contribution >= 4 is 22.8 Å². The Bertz CT molecular complexity index is 953. The van der Waals surface area contributed by atoms with Crippen LogP contribution in [-0.2, 0) is 22.2 Å². The molecule has 1 aromatic heterocycles. The highest BCUT2D eigenvalue weighted by Gasteiger charge is 2.38. The molecule has 0 aliphatic rings. The van der Waals surface area contributed by atoms with Gasteiger partial charge in [0.05, 0.1) is 18.4 Å². The first-order chi connectivity index (χ1) is 14.9. The Balaban J connectivity index is 1.99. The van der Waals surface area contributed by atoms with Crippen molar-refractivity contribution < 1.29 is 37.1 Å². The zero-order chi connectivity index (χ0) is 24.1. The van der Waals surface area contributed by atoms with Crippen LogP contribution in [0, 0.1) is 5.41 Å². The van der Waals surface area contributed by atoms with Crippen molar-refractivity contribution in [3.63, 3.8) is 0 Å². The Labute approximate surface area is 184 Å². The van der Waals surface area contributed by atoms with Gasteiger partial charge in [0.15, 0.2) is 0 Å². The van der Waals surface area contributed by atoms with Crippen LogP contribution in [0.1, 0.15) is 57.8 Å². The third kappa shape index (κ3) is 6.61. The number of nitrogens with zero attached hydrogens (tertiary/aromatic N) is 2. The Hall–Kier alpha value is -2.78. The predicted molar refractivity (Wildman–Crippen MR) is 111 cm³/mol. The number of hydrogen-bond donors (Lipinski definition) is 1. The molecule has 0 bridgehead atoms. The highest BCUT2D eigenvalue weighted by atomic mass is 19.4. The van der Waals surface area contributed by atoms with Gasteiger partial charge in [-0.2, -0.15) is 13.2 Å². The number of carboxylic acids is 1. The number of hydrogen-bond acceptors (Lipinski definition) is 5. The molecule has 178 valence electrons. The lowest BCUT2D eigenvalue weighted by Crippen LogP contribution is -2.33. The molecule has 7 nitrogen and oxygen atoms in total. The molecule has 1 aromatic carbocycles. The summed E-state index contributed by atoms with van der Waals surface area (Å²) in [7, 11) is 1.64. The van der Waals surface area contributed by atoms with Gasteiger partial charge in [0, 0.05) is 25.6 Å². The SMILES string of the molecule is CCCc1c(OCCCN(C)C(=O)CC(C)(C)CC(=O)O)ccc2c(C(F)(F)F)onc12. The van der Waals surface area contributed by atoms with Crippen LogP contribution < -0.4 is 4.74 Å². The van der Waals surface area contributed by atoms with Gasteiger partial charge in [0.2, 0.25) is 11.7 Å². The summed E-state index contributed by atoms with van der Waals surface area (Å²) in [6.45, 7) is 6.02. The molecule has 0 unspecified atom stereocenters. The second-order valence-electron chi connectivity index (χ2n) is 8.63. The summed E-state index contributed by atoms with van der Waals surface area (Å²) < 4.78 is 49.6. The van der Waals surface area contributed by atoms with Crippen LogP contribution in [-0.4, -0.2) is 47.2 Å². The maximum absolute atomic E-state index is 13.1. The number of aryl methyl sites for hydroxylation is 1. The van der Waals surface area contributed by atoms with E-state index in [4.69, 9.17) is 9.84 Å². The van der Waals surface area contributed by atoms with Crippen molar-refractivity contribution in [2.24, 2.45) is 5.41 Å². The Kier molecular flexibility index (Phi) is 8.14. The summed E-state index contributed by atoms with van der Waals surface area (Å²) >= 11 is 0. The number of halogens is 3. The van der Waals surface area contributed by atoms with Gasteiger partial charge in [-0.3, -0.25) is 9.59 Å². The standard InChI is InChI=1S/C22H29F3N2O5/c1-5-7-14-16(9-8-15-19(14)26-32-20(15)22(23,24)25)31-11-6-10-27(4)17(28)12-21(2,3)13-18(29)30/h8-9H,5-7,10-13H2,1-4H3,(H,29,30). The van der Waals surface area contributed by atoms with Gasteiger partial charge < -0.3 is 19.3 Å².